The minimum Gasteiger partial charge on any atom is -0.497 e. The Hall–Kier alpha value is -2.28. The van der Waals surface area contributed by atoms with Crippen LogP contribution in [0.1, 0.15) is 28.9 Å². The van der Waals surface area contributed by atoms with Crippen molar-refractivity contribution in [3.63, 3.8) is 0 Å². The van der Waals surface area contributed by atoms with Crippen LogP contribution in [-0.4, -0.2) is 48.3 Å². The summed E-state index contributed by atoms with van der Waals surface area (Å²) < 4.78 is 10.6. The lowest BCUT2D eigenvalue weighted by molar-refractivity contribution is -0.130. The van der Waals surface area contributed by atoms with Gasteiger partial charge in [0, 0.05) is 43.0 Å². The fraction of sp³-hybridized carbons (Fsp3) is 0.450. The van der Waals surface area contributed by atoms with Gasteiger partial charge in [-0.05, 0) is 44.2 Å². The van der Waals surface area contributed by atoms with E-state index in [1.54, 1.807) is 26.2 Å². The topological polar surface area (TPSA) is 64.5 Å². The lowest BCUT2D eigenvalue weighted by Gasteiger charge is -2.20. The van der Waals surface area contributed by atoms with E-state index in [2.05, 4.69) is 9.97 Å². The van der Waals surface area contributed by atoms with E-state index < -0.39 is 0 Å². The molecule has 27 heavy (non-hydrogen) atoms. The Balaban J connectivity index is 2.03. The van der Waals surface area contributed by atoms with Crippen molar-refractivity contribution < 1.29 is 14.3 Å². The van der Waals surface area contributed by atoms with Crippen molar-refractivity contribution >= 4 is 17.7 Å². The van der Waals surface area contributed by atoms with Gasteiger partial charge in [0.2, 0.25) is 5.91 Å². The molecule has 7 heteroatoms. The van der Waals surface area contributed by atoms with Crippen molar-refractivity contribution in [2.45, 2.75) is 38.4 Å². The maximum absolute atomic E-state index is 12.6. The number of nitrogens with zero attached hydrogens (tertiary/aromatic N) is 3. The first-order valence-electron chi connectivity index (χ1n) is 8.72. The average molecular weight is 390 g/mol. The first kappa shape index (κ1) is 21.0. The van der Waals surface area contributed by atoms with Gasteiger partial charge in [-0.25, -0.2) is 9.97 Å². The Labute approximate surface area is 165 Å². The molecular weight excluding hydrogens is 362 g/mol. The second-order valence-corrected chi connectivity index (χ2v) is 7.06. The number of carbonyl (C=O) groups is 1. The van der Waals surface area contributed by atoms with Crippen molar-refractivity contribution in [3.05, 3.63) is 40.7 Å². The van der Waals surface area contributed by atoms with Gasteiger partial charge in [-0.3, -0.25) is 4.79 Å². The van der Waals surface area contributed by atoms with Crippen molar-refractivity contribution in [2.24, 2.45) is 0 Å². The molecule has 0 saturated heterocycles. The summed E-state index contributed by atoms with van der Waals surface area (Å²) in [6.07, 6.45) is 3.01. The van der Waals surface area contributed by atoms with E-state index in [9.17, 15) is 4.79 Å². The van der Waals surface area contributed by atoms with Crippen LogP contribution in [0.2, 0.25) is 0 Å². The standard InChI is InChI=1S/C20H27N3O3S/c1-13-17(14(2)22-20(21-13)27-6)9-10-19(24)23(3)12-15-7-8-16(25-4)11-18(15)26-5/h7-8,11H,9-10,12H2,1-6H3. The third kappa shape index (κ3) is 5.35. The molecule has 0 bridgehead atoms. The number of hydrogen-bond donors (Lipinski definition) is 0. The first-order valence-corrected chi connectivity index (χ1v) is 9.95. The summed E-state index contributed by atoms with van der Waals surface area (Å²) in [4.78, 5) is 23.3. The molecule has 0 aliphatic rings. The highest BCUT2D eigenvalue weighted by Gasteiger charge is 2.15. The summed E-state index contributed by atoms with van der Waals surface area (Å²) in [5.74, 6) is 1.51. The molecular formula is C20H27N3O3S. The molecule has 0 unspecified atom stereocenters. The molecule has 1 heterocycles. The van der Waals surface area contributed by atoms with Crippen LogP contribution in [0, 0.1) is 13.8 Å². The van der Waals surface area contributed by atoms with E-state index in [-0.39, 0.29) is 5.91 Å². The van der Waals surface area contributed by atoms with Crippen molar-refractivity contribution in [1.29, 1.82) is 0 Å². The molecule has 0 aliphatic carbocycles. The van der Waals surface area contributed by atoms with E-state index in [0.29, 0.717) is 25.1 Å². The number of carbonyl (C=O) groups excluding carboxylic acids is 1. The number of amides is 1. The van der Waals surface area contributed by atoms with E-state index in [0.717, 1.165) is 33.4 Å². The van der Waals surface area contributed by atoms with Crippen LogP contribution in [0.5, 0.6) is 11.5 Å². The molecule has 2 aromatic rings. The summed E-state index contributed by atoms with van der Waals surface area (Å²) in [7, 11) is 5.03. The number of rotatable bonds is 8. The second kappa shape index (κ2) is 9.60. The SMILES string of the molecule is COc1ccc(CN(C)C(=O)CCc2c(C)nc(SC)nc2C)c(OC)c1. The maximum Gasteiger partial charge on any atom is 0.222 e. The monoisotopic (exact) mass is 389 g/mol. The van der Waals surface area contributed by atoms with Gasteiger partial charge in [-0.15, -0.1) is 0 Å². The molecule has 0 atom stereocenters. The molecule has 2 rings (SSSR count). The lowest BCUT2D eigenvalue weighted by Crippen LogP contribution is -2.26. The van der Waals surface area contributed by atoms with Crippen LogP contribution in [0.3, 0.4) is 0 Å². The van der Waals surface area contributed by atoms with Crippen LogP contribution in [-0.2, 0) is 17.8 Å². The van der Waals surface area contributed by atoms with Gasteiger partial charge in [0.15, 0.2) is 5.16 Å². The minimum atomic E-state index is 0.0700. The summed E-state index contributed by atoms with van der Waals surface area (Å²) in [6.45, 7) is 4.42. The van der Waals surface area contributed by atoms with Crippen LogP contribution in [0.25, 0.3) is 0 Å². The van der Waals surface area contributed by atoms with Gasteiger partial charge in [-0.1, -0.05) is 11.8 Å². The van der Waals surface area contributed by atoms with Crippen molar-refractivity contribution in [2.75, 3.05) is 27.5 Å². The Kier molecular flexibility index (Phi) is 7.47. The fourth-order valence-corrected chi connectivity index (χ4v) is 3.37. The lowest BCUT2D eigenvalue weighted by atomic mass is 10.1. The van der Waals surface area contributed by atoms with Crippen LogP contribution in [0.4, 0.5) is 0 Å². The van der Waals surface area contributed by atoms with E-state index in [1.165, 1.54) is 11.8 Å². The zero-order chi connectivity index (χ0) is 20.0. The Morgan fingerprint density at radius 3 is 2.37 bits per heavy atom. The van der Waals surface area contributed by atoms with Gasteiger partial charge in [-0.2, -0.15) is 0 Å². The van der Waals surface area contributed by atoms with Gasteiger partial charge >= 0.3 is 0 Å². The zero-order valence-electron chi connectivity index (χ0n) is 16.8. The molecule has 0 saturated carbocycles. The third-order valence-corrected chi connectivity index (χ3v) is 5.05. The Morgan fingerprint density at radius 2 is 1.81 bits per heavy atom. The van der Waals surface area contributed by atoms with Gasteiger partial charge in [0.05, 0.1) is 14.2 Å². The average Bonchev–Trinajstić information content (AvgIpc) is 2.66. The molecule has 0 radical (unpaired) electrons. The van der Waals surface area contributed by atoms with Gasteiger partial charge in [0.25, 0.3) is 0 Å². The molecule has 0 aliphatic heterocycles. The van der Waals surface area contributed by atoms with Gasteiger partial charge in [0.1, 0.15) is 11.5 Å². The number of aryl methyl sites for hydroxylation is 2. The summed E-state index contributed by atoms with van der Waals surface area (Å²) in [5.41, 5.74) is 3.88. The molecule has 1 aromatic heterocycles. The number of aromatic nitrogens is 2. The molecule has 146 valence electrons. The molecule has 1 aromatic carbocycles. The highest BCUT2D eigenvalue weighted by Crippen LogP contribution is 2.26. The maximum atomic E-state index is 12.6. The van der Waals surface area contributed by atoms with E-state index in [1.807, 2.05) is 38.3 Å². The highest BCUT2D eigenvalue weighted by atomic mass is 32.2. The fourth-order valence-electron chi connectivity index (χ4n) is 2.91. The van der Waals surface area contributed by atoms with Crippen molar-refractivity contribution in [1.82, 2.24) is 14.9 Å². The Morgan fingerprint density at radius 1 is 1.15 bits per heavy atom. The molecule has 0 N–H and O–H groups in total. The Bertz CT molecular complexity index is 788. The molecule has 0 spiro atoms. The van der Waals surface area contributed by atoms with Gasteiger partial charge < -0.3 is 14.4 Å². The highest BCUT2D eigenvalue weighted by molar-refractivity contribution is 7.98. The minimum absolute atomic E-state index is 0.0700. The predicted octanol–water partition coefficient (Wildman–Crippen LogP) is 3.42. The number of benzene rings is 1. The number of thioether (sulfide) groups is 1. The van der Waals surface area contributed by atoms with Crippen LogP contribution < -0.4 is 9.47 Å². The quantitative estimate of drug-likeness (QED) is 0.509. The number of hydrogen-bond acceptors (Lipinski definition) is 6. The van der Waals surface area contributed by atoms with E-state index in [4.69, 9.17) is 9.47 Å². The largest absolute Gasteiger partial charge is 0.497 e. The molecule has 1 amide bonds. The second-order valence-electron chi connectivity index (χ2n) is 6.29. The molecule has 0 fully saturated rings. The first-order chi connectivity index (χ1) is 12.9. The molecule has 6 nitrogen and oxygen atoms in total. The smallest absolute Gasteiger partial charge is 0.222 e. The van der Waals surface area contributed by atoms with E-state index >= 15 is 0 Å². The van der Waals surface area contributed by atoms with Crippen LogP contribution in [0.15, 0.2) is 23.4 Å². The predicted molar refractivity (Wildman–Crippen MR) is 108 cm³/mol. The van der Waals surface area contributed by atoms with Crippen LogP contribution >= 0.6 is 11.8 Å². The van der Waals surface area contributed by atoms with Crippen molar-refractivity contribution in [3.8, 4) is 11.5 Å². The number of methoxy groups -OCH3 is 2. The summed E-state index contributed by atoms with van der Waals surface area (Å²) in [6, 6.07) is 5.61. The normalized spacial score (nSPS) is 10.6. The number of ether oxygens (including phenoxy) is 2. The zero-order valence-corrected chi connectivity index (χ0v) is 17.6. The summed E-state index contributed by atoms with van der Waals surface area (Å²) in [5, 5.41) is 0.767. The summed E-state index contributed by atoms with van der Waals surface area (Å²) >= 11 is 1.52. The third-order valence-electron chi connectivity index (χ3n) is 4.50.